The molecule has 40 heavy (non-hydrogen) atoms. The van der Waals surface area contributed by atoms with Gasteiger partial charge in [0.25, 0.3) is 5.56 Å². The highest BCUT2D eigenvalue weighted by molar-refractivity contribution is 7.99. The fraction of sp³-hybridized carbons (Fsp3) is 0.393. The van der Waals surface area contributed by atoms with Crippen molar-refractivity contribution in [3.05, 3.63) is 75.4 Å². The minimum Gasteiger partial charge on any atom is -0.598 e. The van der Waals surface area contributed by atoms with Gasteiger partial charge in [-0.15, -0.1) is 14.9 Å². The zero-order chi connectivity index (χ0) is 28.1. The van der Waals surface area contributed by atoms with E-state index in [0.717, 1.165) is 32.4 Å². The van der Waals surface area contributed by atoms with E-state index in [1.165, 1.54) is 29.2 Å². The van der Waals surface area contributed by atoms with Crippen LogP contribution < -0.4 is 15.2 Å². The summed E-state index contributed by atoms with van der Waals surface area (Å²) in [5.74, 6) is 0.586. The number of hydrogen-bond donors (Lipinski definition) is 2. The molecular weight excluding hydrogens is 566 g/mol. The monoisotopic (exact) mass is 595 g/mol. The molecule has 0 bridgehead atoms. The van der Waals surface area contributed by atoms with Crippen LogP contribution in [0.5, 0.6) is 0 Å². The Morgan fingerprint density at radius 2 is 1.93 bits per heavy atom. The lowest BCUT2D eigenvalue weighted by Gasteiger charge is -2.43. The molecule has 1 saturated heterocycles. The molecule has 208 valence electrons. The van der Waals surface area contributed by atoms with Gasteiger partial charge in [-0.1, -0.05) is 47.6 Å². The molecule has 2 aromatic carbocycles. The third-order valence-electron chi connectivity index (χ3n) is 7.80. The predicted molar refractivity (Wildman–Crippen MR) is 159 cm³/mol. The highest BCUT2D eigenvalue weighted by Crippen LogP contribution is 2.52. The van der Waals surface area contributed by atoms with E-state index in [0.29, 0.717) is 31.8 Å². The molecule has 1 aliphatic heterocycles. The van der Waals surface area contributed by atoms with Gasteiger partial charge in [-0.05, 0) is 63.3 Å². The van der Waals surface area contributed by atoms with E-state index in [2.05, 4.69) is 59.0 Å². The summed E-state index contributed by atoms with van der Waals surface area (Å²) >= 11 is 6.66. The van der Waals surface area contributed by atoms with Crippen molar-refractivity contribution in [3.8, 4) is 0 Å². The number of benzene rings is 2. The van der Waals surface area contributed by atoms with Crippen molar-refractivity contribution < 1.29 is 4.55 Å². The van der Waals surface area contributed by atoms with Crippen LogP contribution in [0.4, 0.5) is 5.95 Å². The van der Waals surface area contributed by atoms with E-state index in [-0.39, 0.29) is 21.8 Å². The quantitative estimate of drug-likeness (QED) is 0.312. The summed E-state index contributed by atoms with van der Waals surface area (Å²) in [4.78, 5) is 26.4. The topological polar surface area (TPSA) is 123 Å². The van der Waals surface area contributed by atoms with Crippen molar-refractivity contribution >= 4 is 51.6 Å². The normalized spacial score (nSPS) is 19.2. The molecule has 0 amide bonds. The molecule has 6 rings (SSSR count). The van der Waals surface area contributed by atoms with E-state index >= 15 is 0 Å². The minimum absolute atomic E-state index is 0.0101. The Kier molecular flexibility index (Phi) is 7.28. The van der Waals surface area contributed by atoms with Crippen LogP contribution in [0.3, 0.4) is 0 Å². The Labute approximate surface area is 244 Å². The summed E-state index contributed by atoms with van der Waals surface area (Å²) in [6.45, 7) is 7.58. The van der Waals surface area contributed by atoms with Crippen LogP contribution in [0.15, 0.2) is 63.6 Å². The Balaban J connectivity index is 1.16. The number of aromatic amines is 1. The number of H-pyrrole nitrogens is 1. The van der Waals surface area contributed by atoms with Gasteiger partial charge < -0.3 is 14.4 Å². The van der Waals surface area contributed by atoms with E-state index < -0.39 is 11.4 Å². The first-order chi connectivity index (χ1) is 19.1. The van der Waals surface area contributed by atoms with Gasteiger partial charge in [0, 0.05) is 34.8 Å². The van der Waals surface area contributed by atoms with Gasteiger partial charge in [-0.3, -0.25) is 4.79 Å². The predicted octanol–water partition coefficient (Wildman–Crippen LogP) is 4.85. The molecule has 1 aliphatic carbocycles. The third-order valence-corrected chi connectivity index (χ3v) is 10.8. The number of nitrogens with zero attached hydrogens (tertiary/aromatic N) is 5. The first-order valence-electron chi connectivity index (χ1n) is 13.2. The molecule has 2 aromatic heterocycles. The van der Waals surface area contributed by atoms with Crippen LogP contribution >= 0.6 is 23.4 Å². The van der Waals surface area contributed by atoms with Gasteiger partial charge in [-0.2, -0.15) is 0 Å². The second-order valence-corrected chi connectivity index (χ2v) is 14.8. The van der Waals surface area contributed by atoms with Crippen molar-refractivity contribution in [2.45, 2.75) is 60.7 Å². The molecule has 1 spiro atoms. The largest absolute Gasteiger partial charge is 0.598 e. The molecule has 4 aromatic rings. The summed E-state index contributed by atoms with van der Waals surface area (Å²) in [5.41, 5.74) is 2.84. The number of aromatic nitrogens is 5. The van der Waals surface area contributed by atoms with Gasteiger partial charge >= 0.3 is 0 Å². The minimum atomic E-state index is -1.17. The van der Waals surface area contributed by atoms with Crippen molar-refractivity contribution in [2.24, 2.45) is 5.41 Å². The Morgan fingerprint density at radius 3 is 2.65 bits per heavy atom. The highest BCUT2D eigenvalue weighted by Gasteiger charge is 2.50. The average molecular weight is 596 g/mol. The van der Waals surface area contributed by atoms with Gasteiger partial charge in [0.15, 0.2) is 0 Å². The van der Waals surface area contributed by atoms with Crippen LogP contribution in [0.2, 0.25) is 5.02 Å². The highest BCUT2D eigenvalue weighted by atomic mass is 35.5. The van der Waals surface area contributed by atoms with Crippen LogP contribution in [0, 0.1) is 5.41 Å². The first kappa shape index (κ1) is 27.5. The third kappa shape index (κ3) is 5.09. The summed E-state index contributed by atoms with van der Waals surface area (Å²) in [6, 6.07) is 12.1. The number of fused-ring (bicyclic) bond motifs is 2. The van der Waals surface area contributed by atoms with Gasteiger partial charge in [-0.25, -0.2) is 9.97 Å². The van der Waals surface area contributed by atoms with E-state index in [4.69, 9.17) is 11.6 Å². The Morgan fingerprint density at radius 1 is 1.15 bits per heavy atom. The maximum atomic E-state index is 13.1. The molecule has 2 N–H and O–H groups in total. The van der Waals surface area contributed by atoms with Crippen molar-refractivity contribution in [1.82, 2.24) is 29.9 Å². The number of rotatable bonds is 5. The fourth-order valence-corrected chi connectivity index (χ4v) is 7.67. The second-order valence-electron chi connectivity index (χ2n) is 11.4. The number of halogens is 1. The molecule has 0 saturated carbocycles. The molecule has 3 heterocycles. The van der Waals surface area contributed by atoms with Crippen molar-refractivity contribution in [2.75, 3.05) is 18.0 Å². The second kappa shape index (κ2) is 10.6. The lowest BCUT2D eigenvalue weighted by Crippen LogP contribution is -2.50. The van der Waals surface area contributed by atoms with Crippen LogP contribution in [-0.4, -0.2) is 47.5 Å². The summed E-state index contributed by atoms with van der Waals surface area (Å²) in [6.07, 6.45) is 5.87. The standard InChI is InChI=1S/C28H30ClN7O2S2/c1-27(2,3)40(38)35-24-18-7-5-4-6-17(18)14-28(24)10-12-36(13-11-28)26-30-15-21(33-34-26)39-20-9-8-19-22(23(20)29)25(37)32-16-31-19/h4-9,15-16,24,35H,10-14H2,1-3H3,(H,31,32,37)/t24-,40?/m1/s1. The molecular formula is C28H30ClN7O2S2. The zero-order valence-corrected chi connectivity index (χ0v) is 24.9. The van der Waals surface area contributed by atoms with E-state index in [1.807, 2.05) is 26.8 Å². The summed E-state index contributed by atoms with van der Waals surface area (Å²) in [7, 11) is 0. The van der Waals surface area contributed by atoms with Gasteiger partial charge in [0.2, 0.25) is 5.95 Å². The number of hydrogen-bond acceptors (Lipinski definition) is 9. The molecule has 12 heteroatoms. The maximum absolute atomic E-state index is 13.1. The molecule has 2 atom stereocenters. The maximum Gasteiger partial charge on any atom is 0.260 e. The molecule has 9 nitrogen and oxygen atoms in total. The van der Waals surface area contributed by atoms with Gasteiger partial charge in [0.05, 0.1) is 34.5 Å². The van der Waals surface area contributed by atoms with Gasteiger partial charge in [0.1, 0.15) is 9.77 Å². The molecule has 1 fully saturated rings. The fourth-order valence-electron chi connectivity index (χ4n) is 5.62. The molecule has 2 aliphatic rings. The smallest absolute Gasteiger partial charge is 0.260 e. The summed E-state index contributed by atoms with van der Waals surface area (Å²) < 4.78 is 16.3. The molecule has 1 unspecified atom stereocenters. The van der Waals surface area contributed by atoms with E-state index in [9.17, 15) is 9.35 Å². The number of nitrogens with one attached hydrogen (secondary N) is 2. The first-order valence-corrected chi connectivity index (χ1v) is 15.5. The number of anilines is 1. The zero-order valence-electron chi connectivity index (χ0n) is 22.5. The van der Waals surface area contributed by atoms with Crippen molar-refractivity contribution in [3.63, 3.8) is 0 Å². The SMILES string of the molecule is CC(C)(C)[S+]([O-])N[C@@H]1c2ccccc2CC12CCN(c1ncc(Sc3ccc4nc[nH]c(=O)c4c3Cl)nn1)CC2. The lowest BCUT2D eigenvalue weighted by molar-refractivity contribution is 0.175. The Hall–Kier alpha value is -2.70. The van der Waals surface area contributed by atoms with Crippen LogP contribution in [-0.2, 0) is 17.8 Å². The number of piperidine rings is 1. The molecule has 0 radical (unpaired) electrons. The lowest BCUT2D eigenvalue weighted by atomic mass is 9.73. The average Bonchev–Trinajstić information content (AvgIpc) is 3.23. The summed E-state index contributed by atoms with van der Waals surface area (Å²) in [5, 5.41) is 10.1. The van der Waals surface area contributed by atoms with Crippen LogP contribution in [0.1, 0.15) is 50.8 Å². The van der Waals surface area contributed by atoms with Crippen LogP contribution in [0.25, 0.3) is 10.9 Å². The Bertz CT molecular complexity index is 1600. The van der Waals surface area contributed by atoms with Crippen molar-refractivity contribution in [1.29, 1.82) is 0 Å². The van der Waals surface area contributed by atoms with E-state index in [1.54, 1.807) is 12.3 Å².